The van der Waals surface area contributed by atoms with Crippen LogP contribution in [0.2, 0.25) is 0 Å². The first-order chi connectivity index (χ1) is 19.3. The van der Waals surface area contributed by atoms with Gasteiger partial charge in [-0.25, -0.2) is 9.59 Å². The second-order valence-electron chi connectivity index (χ2n) is 8.69. The van der Waals surface area contributed by atoms with E-state index in [1.165, 1.54) is 22.7 Å². The number of carbonyl (C=O) groups excluding carboxylic acids is 2. The monoisotopic (exact) mass is 596 g/mol. The third-order valence-corrected chi connectivity index (χ3v) is 6.91. The molecule has 2 aromatic heterocycles. The molecule has 0 unspecified atom stereocenters. The number of aryl methyl sites for hydroxylation is 2. The van der Waals surface area contributed by atoms with Crippen molar-refractivity contribution in [3.8, 4) is 0 Å². The quantitative estimate of drug-likeness (QED) is 0.0719. The lowest BCUT2D eigenvalue weighted by atomic mass is 10.1. The predicted molar refractivity (Wildman–Crippen MR) is 159 cm³/mol. The van der Waals surface area contributed by atoms with E-state index in [4.69, 9.17) is 22.9 Å². The van der Waals surface area contributed by atoms with E-state index < -0.39 is 0 Å². The standard InChI is InChI=1S/C22H40N14O2S2/c23-17(27-13-7-9-15-33-35-19(25)39-15)31-21(37)29-11-5-3-1-2-4-6-12-30-22(38)32-18(24)28-14-8-10-16-34-36-20(26)40-16/h1-14H2,(H2,25,35)(H2,26,36)(H4,23,27,29,31,37)(H4,24,28,30,32,38). The summed E-state index contributed by atoms with van der Waals surface area (Å²) in [5, 5.41) is 28.6. The minimum absolute atomic E-state index is 0.0819. The number of guanidine groups is 2. The molecule has 2 aromatic rings. The van der Waals surface area contributed by atoms with E-state index in [1.54, 1.807) is 0 Å². The van der Waals surface area contributed by atoms with E-state index in [9.17, 15) is 9.59 Å². The number of nitrogens with one attached hydrogen (secondary N) is 4. The first-order valence-electron chi connectivity index (χ1n) is 13.2. The molecule has 40 heavy (non-hydrogen) atoms. The van der Waals surface area contributed by atoms with Gasteiger partial charge in [0, 0.05) is 39.0 Å². The Morgan fingerprint density at radius 2 is 1.02 bits per heavy atom. The van der Waals surface area contributed by atoms with Gasteiger partial charge in [0.05, 0.1) is 0 Å². The number of urea groups is 2. The highest BCUT2D eigenvalue weighted by Gasteiger charge is 2.05. The minimum atomic E-state index is -0.369. The Morgan fingerprint density at radius 3 is 1.40 bits per heavy atom. The van der Waals surface area contributed by atoms with Crippen LogP contribution in [0.1, 0.15) is 61.4 Å². The maximum absolute atomic E-state index is 11.9. The molecule has 0 spiro atoms. The molecule has 0 saturated carbocycles. The van der Waals surface area contributed by atoms with Crippen molar-refractivity contribution < 1.29 is 9.59 Å². The molecule has 0 aliphatic rings. The summed E-state index contributed by atoms with van der Waals surface area (Å²) in [4.78, 5) is 32.0. The lowest BCUT2D eigenvalue weighted by molar-refractivity contribution is 0.244. The maximum atomic E-state index is 11.9. The number of unbranched alkanes of at least 4 members (excludes halogenated alkanes) is 5. The van der Waals surface area contributed by atoms with Crippen LogP contribution in [0.5, 0.6) is 0 Å². The Hall–Kier alpha value is -3.80. The van der Waals surface area contributed by atoms with Crippen molar-refractivity contribution in [1.82, 2.24) is 41.7 Å². The van der Waals surface area contributed by atoms with Crippen LogP contribution in [0.25, 0.3) is 0 Å². The molecule has 0 aromatic carbocycles. The summed E-state index contributed by atoms with van der Waals surface area (Å²) in [6.45, 7) is 2.05. The molecule has 2 rings (SSSR count). The van der Waals surface area contributed by atoms with Crippen LogP contribution in [-0.4, -0.2) is 70.6 Å². The van der Waals surface area contributed by atoms with Crippen LogP contribution in [0.15, 0.2) is 9.98 Å². The van der Waals surface area contributed by atoms with Crippen LogP contribution in [-0.2, 0) is 12.8 Å². The summed E-state index contributed by atoms with van der Waals surface area (Å²) in [6, 6.07) is -0.737. The van der Waals surface area contributed by atoms with Crippen molar-refractivity contribution in [2.75, 3.05) is 37.6 Å². The second-order valence-corrected chi connectivity index (χ2v) is 10.9. The van der Waals surface area contributed by atoms with Crippen molar-refractivity contribution in [1.29, 1.82) is 0 Å². The van der Waals surface area contributed by atoms with Crippen LogP contribution < -0.4 is 44.2 Å². The predicted octanol–water partition coefficient (Wildman–Crippen LogP) is 0.688. The maximum Gasteiger partial charge on any atom is 0.321 e. The Balaban J connectivity index is 1.37. The number of aliphatic imine (C=N–C) groups is 2. The normalized spacial score (nSPS) is 11.8. The average Bonchev–Trinajstić information content (AvgIpc) is 3.52. The van der Waals surface area contributed by atoms with Crippen LogP contribution >= 0.6 is 22.7 Å². The van der Waals surface area contributed by atoms with Crippen molar-refractivity contribution in [3.05, 3.63) is 10.0 Å². The molecule has 0 bridgehead atoms. The summed E-state index contributed by atoms with van der Waals surface area (Å²) < 4.78 is 0. The molecule has 4 amide bonds. The van der Waals surface area contributed by atoms with Gasteiger partial charge < -0.3 is 33.6 Å². The fourth-order valence-corrected chi connectivity index (χ4v) is 4.66. The third kappa shape index (κ3) is 15.6. The Labute approximate surface area is 241 Å². The summed E-state index contributed by atoms with van der Waals surface area (Å²) in [5.41, 5.74) is 22.6. The fourth-order valence-electron chi connectivity index (χ4n) is 3.36. The molecule has 0 saturated heterocycles. The number of carbonyl (C=O) groups is 2. The zero-order chi connectivity index (χ0) is 29.0. The average molecular weight is 597 g/mol. The van der Waals surface area contributed by atoms with E-state index >= 15 is 0 Å². The molecule has 0 aliphatic heterocycles. The highest BCUT2D eigenvalue weighted by atomic mass is 32.1. The number of nitrogen functional groups attached to an aromatic ring is 2. The summed E-state index contributed by atoms with van der Waals surface area (Å²) >= 11 is 2.70. The molecule has 12 N–H and O–H groups in total. The number of hydrogen-bond acceptors (Lipinski definition) is 12. The van der Waals surface area contributed by atoms with Crippen LogP contribution in [0, 0.1) is 0 Å². The van der Waals surface area contributed by atoms with Crippen molar-refractivity contribution >= 4 is 56.9 Å². The molecule has 16 nitrogen and oxygen atoms in total. The van der Waals surface area contributed by atoms with E-state index in [-0.39, 0.29) is 24.0 Å². The molecule has 0 fully saturated rings. The van der Waals surface area contributed by atoms with Gasteiger partial charge in [-0.2, -0.15) is 0 Å². The van der Waals surface area contributed by atoms with Crippen molar-refractivity contribution in [3.63, 3.8) is 0 Å². The van der Waals surface area contributed by atoms with Gasteiger partial charge in [-0.3, -0.25) is 20.6 Å². The second kappa shape index (κ2) is 19.3. The van der Waals surface area contributed by atoms with Crippen molar-refractivity contribution in [2.45, 2.75) is 64.2 Å². The van der Waals surface area contributed by atoms with Crippen LogP contribution in [0.3, 0.4) is 0 Å². The van der Waals surface area contributed by atoms with E-state index in [0.717, 1.165) is 61.4 Å². The number of nitrogens with zero attached hydrogens (tertiary/aromatic N) is 6. The highest BCUT2D eigenvalue weighted by molar-refractivity contribution is 7.15. The summed E-state index contributed by atoms with van der Waals surface area (Å²) in [5.74, 6) is 0.164. The van der Waals surface area contributed by atoms with Gasteiger partial charge in [0.1, 0.15) is 10.0 Å². The Bertz CT molecular complexity index is 1000. The van der Waals surface area contributed by atoms with Gasteiger partial charge in [-0.15, -0.1) is 20.4 Å². The summed E-state index contributed by atoms with van der Waals surface area (Å²) in [7, 11) is 0. The van der Waals surface area contributed by atoms with Crippen LogP contribution in [0.4, 0.5) is 19.9 Å². The SMILES string of the molecule is NC(=NCCCc1nnc(N)s1)NC(=O)NCCCCCCCCNC(=O)NC(N)=NCCCc1nnc(N)s1. The van der Waals surface area contributed by atoms with Gasteiger partial charge >= 0.3 is 12.1 Å². The number of anilines is 2. The molecule has 18 heteroatoms. The molecule has 2 heterocycles. The highest BCUT2D eigenvalue weighted by Crippen LogP contribution is 2.13. The van der Waals surface area contributed by atoms with Gasteiger partial charge in [0.25, 0.3) is 0 Å². The first-order valence-corrected chi connectivity index (χ1v) is 14.8. The first kappa shape index (κ1) is 32.4. The van der Waals surface area contributed by atoms with Crippen molar-refractivity contribution in [2.24, 2.45) is 21.5 Å². The van der Waals surface area contributed by atoms with Gasteiger partial charge in [0.15, 0.2) is 11.9 Å². The van der Waals surface area contributed by atoms with E-state index in [0.29, 0.717) is 49.3 Å². The summed E-state index contributed by atoms with van der Waals surface area (Å²) in [6.07, 6.45) is 8.68. The number of nitrogens with two attached hydrogens (primary N) is 4. The Kier molecular flexibility index (Phi) is 15.6. The molecule has 0 atom stereocenters. The van der Waals surface area contributed by atoms with E-state index in [1.807, 2.05) is 0 Å². The lowest BCUT2D eigenvalue weighted by Crippen LogP contribution is -2.43. The van der Waals surface area contributed by atoms with E-state index in [2.05, 4.69) is 51.6 Å². The topological polar surface area (TPSA) is 263 Å². The largest absolute Gasteiger partial charge is 0.374 e. The molecule has 222 valence electrons. The molecular formula is C22H40N14O2S2. The Morgan fingerprint density at radius 1 is 0.625 bits per heavy atom. The number of hydrogen-bond donors (Lipinski definition) is 8. The number of rotatable bonds is 17. The smallest absolute Gasteiger partial charge is 0.321 e. The molecule has 0 radical (unpaired) electrons. The zero-order valence-corrected chi connectivity index (χ0v) is 24.2. The molecular weight excluding hydrogens is 556 g/mol. The van der Waals surface area contributed by atoms with Gasteiger partial charge in [0.2, 0.25) is 10.3 Å². The fraction of sp³-hybridized carbons (Fsp3) is 0.636. The third-order valence-electron chi connectivity index (χ3n) is 5.28. The van der Waals surface area contributed by atoms with Gasteiger partial charge in [-0.1, -0.05) is 48.4 Å². The lowest BCUT2D eigenvalue weighted by Gasteiger charge is -2.08. The van der Waals surface area contributed by atoms with Gasteiger partial charge in [-0.05, 0) is 25.7 Å². The minimum Gasteiger partial charge on any atom is -0.374 e. The number of amides is 4. The number of aromatic nitrogens is 4. The zero-order valence-electron chi connectivity index (χ0n) is 22.5. The molecule has 0 aliphatic carbocycles.